The van der Waals surface area contributed by atoms with Gasteiger partial charge in [-0.3, -0.25) is 4.90 Å². The van der Waals surface area contributed by atoms with E-state index in [0.29, 0.717) is 13.1 Å². The first-order valence-corrected chi connectivity index (χ1v) is 13.6. The molecule has 0 saturated carbocycles. The Balaban J connectivity index is 1.43. The highest BCUT2D eigenvalue weighted by molar-refractivity contribution is 7.89. The fraction of sp³-hybridized carbons (Fsp3) is 0.357. The molecule has 7 heteroatoms. The summed E-state index contributed by atoms with van der Waals surface area (Å²) in [5.74, 6) is -0.420. The van der Waals surface area contributed by atoms with E-state index in [0.717, 1.165) is 30.5 Å². The van der Waals surface area contributed by atoms with Gasteiger partial charge in [0.1, 0.15) is 5.82 Å². The fourth-order valence-electron chi connectivity index (χ4n) is 5.66. The zero-order valence-electron chi connectivity index (χ0n) is 19.8. The number of rotatable bonds is 5. The lowest BCUT2D eigenvalue weighted by Crippen LogP contribution is -2.67. The number of benzene rings is 3. The Morgan fingerprint density at radius 3 is 2.31 bits per heavy atom. The standard InChI is InChI=1S/C28H31FN2O3S/c1-20-6-2-3-7-25(20)21-8-10-22(11-9-21)28-26-18-30(16-4-5-17-31(26)27(28)19-32)35(33,34)24-14-12-23(29)13-15-24/h2-3,6-15,26-28,32H,4-5,16-19H2,1H3/t26-,27+,28-/m0/s1. The number of aliphatic hydroxyl groups is 1. The lowest BCUT2D eigenvalue weighted by atomic mass is 9.74. The van der Waals surface area contributed by atoms with E-state index in [1.165, 1.54) is 35.4 Å². The number of aliphatic hydroxyl groups excluding tert-OH is 1. The number of halogens is 1. The van der Waals surface area contributed by atoms with Gasteiger partial charge in [-0.05, 0) is 72.8 Å². The summed E-state index contributed by atoms with van der Waals surface area (Å²) in [6.45, 7) is 3.76. The zero-order valence-corrected chi connectivity index (χ0v) is 20.7. The van der Waals surface area contributed by atoms with Crippen molar-refractivity contribution in [1.82, 2.24) is 9.21 Å². The quantitative estimate of drug-likeness (QED) is 0.571. The average Bonchev–Trinajstić information content (AvgIpc) is 2.84. The summed E-state index contributed by atoms with van der Waals surface area (Å²) < 4.78 is 41.7. The van der Waals surface area contributed by atoms with Gasteiger partial charge in [-0.15, -0.1) is 0 Å². The third-order valence-corrected chi connectivity index (χ3v) is 9.42. The van der Waals surface area contributed by atoms with E-state index in [1.807, 2.05) is 12.1 Å². The van der Waals surface area contributed by atoms with Crippen LogP contribution >= 0.6 is 0 Å². The Morgan fingerprint density at radius 2 is 1.63 bits per heavy atom. The van der Waals surface area contributed by atoms with Crippen molar-refractivity contribution < 1.29 is 17.9 Å². The Bertz CT molecular complexity index is 1280. The summed E-state index contributed by atoms with van der Waals surface area (Å²) >= 11 is 0. The summed E-state index contributed by atoms with van der Waals surface area (Å²) in [6, 6.07) is 21.7. The minimum Gasteiger partial charge on any atom is -0.395 e. The molecule has 2 aliphatic rings. The van der Waals surface area contributed by atoms with E-state index in [9.17, 15) is 17.9 Å². The van der Waals surface area contributed by atoms with Gasteiger partial charge in [0.05, 0.1) is 11.5 Å². The predicted molar refractivity (Wildman–Crippen MR) is 135 cm³/mol. The second kappa shape index (κ2) is 9.82. The largest absolute Gasteiger partial charge is 0.395 e. The van der Waals surface area contributed by atoms with E-state index in [1.54, 1.807) is 4.31 Å². The van der Waals surface area contributed by atoms with Crippen LogP contribution in [0.25, 0.3) is 11.1 Å². The minimum absolute atomic E-state index is 0.0213. The first kappa shape index (κ1) is 24.1. The molecule has 3 aromatic rings. The third-order valence-electron chi connectivity index (χ3n) is 7.54. The molecule has 2 aliphatic heterocycles. The van der Waals surface area contributed by atoms with Crippen molar-refractivity contribution in [2.24, 2.45) is 0 Å². The summed E-state index contributed by atoms with van der Waals surface area (Å²) in [4.78, 5) is 2.37. The summed E-state index contributed by atoms with van der Waals surface area (Å²) in [7, 11) is -3.74. The van der Waals surface area contributed by atoms with Crippen LogP contribution in [0.4, 0.5) is 4.39 Å². The molecule has 2 heterocycles. The predicted octanol–water partition coefficient (Wildman–Crippen LogP) is 4.41. The maximum absolute atomic E-state index is 13.4. The first-order valence-electron chi connectivity index (χ1n) is 12.2. The van der Waals surface area contributed by atoms with Crippen LogP contribution in [-0.4, -0.2) is 61.1 Å². The van der Waals surface area contributed by atoms with Crippen molar-refractivity contribution in [3.8, 4) is 11.1 Å². The first-order chi connectivity index (χ1) is 16.9. The molecule has 5 rings (SSSR count). The molecule has 0 aromatic heterocycles. The topological polar surface area (TPSA) is 60.9 Å². The molecule has 3 atom stereocenters. The number of hydrogen-bond acceptors (Lipinski definition) is 4. The number of nitrogens with zero attached hydrogens (tertiary/aromatic N) is 2. The Morgan fingerprint density at radius 1 is 0.943 bits per heavy atom. The van der Waals surface area contributed by atoms with Crippen LogP contribution in [0.5, 0.6) is 0 Å². The van der Waals surface area contributed by atoms with E-state index in [-0.39, 0.29) is 29.5 Å². The second-order valence-electron chi connectivity index (χ2n) is 9.54. The van der Waals surface area contributed by atoms with E-state index in [4.69, 9.17) is 0 Å². The van der Waals surface area contributed by atoms with Crippen LogP contribution in [-0.2, 0) is 10.0 Å². The summed E-state index contributed by atoms with van der Waals surface area (Å²) in [5.41, 5.74) is 4.66. The molecule has 35 heavy (non-hydrogen) atoms. The highest BCUT2D eigenvalue weighted by atomic mass is 32.2. The van der Waals surface area contributed by atoms with Gasteiger partial charge in [0, 0.05) is 31.1 Å². The molecular formula is C28H31FN2O3S. The molecule has 0 aliphatic carbocycles. The molecule has 0 unspecified atom stereocenters. The molecule has 0 amide bonds. The monoisotopic (exact) mass is 494 g/mol. The van der Waals surface area contributed by atoms with Crippen LogP contribution in [0.1, 0.15) is 29.9 Å². The molecule has 2 saturated heterocycles. The molecule has 0 bridgehead atoms. The van der Waals surface area contributed by atoms with Crippen LogP contribution in [0.2, 0.25) is 0 Å². The van der Waals surface area contributed by atoms with Gasteiger partial charge in [0.2, 0.25) is 10.0 Å². The highest BCUT2D eigenvalue weighted by Gasteiger charge is 2.50. The van der Waals surface area contributed by atoms with Gasteiger partial charge < -0.3 is 5.11 Å². The van der Waals surface area contributed by atoms with Gasteiger partial charge in [-0.1, -0.05) is 48.5 Å². The van der Waals surface area contributed by atoms with Crippen molar-refractivity contribution in [2.45, 2.75) is 42.7 Å². The SMILES string of the molecule is Cc1ccccc1-c1ccc([C@@H]2[C@@H](CO)N3CCCCN(S(=O)(=O)c4ccc(F)cc4)C[C@@H]23)cc1. The summed E-state index contributed by atoms with van der Waals surface area (Å²) in [5, 5.41) is 10.2. The normalized spacial score (nSPS) is 23.7. The molecule has 184 valence electrons. The van der Waals surface area contributed by atoms with Gasteiger partial charge in [0.25, 0.3) is 0 Å². The Labute approximate surface area is 206 Å². The second-order valence-corrected chi connectivity index (χ2v) is 11.5. The molecule has 0 radical (unpaired) electrons. The maximum atomic E-state index is 13.4. The van der Waals surface area contributed by atoms with Gasteiger partial charge >= 0.3 is 0 Å². The zero-order chi connectivity index (χ0) is 24.6. The van der Waals surface area contributed by atoms with Crippen LogP contribution in [0.15, 0.2) is 77.7 Å². The van der Waals surface area contributed by atoms with Crippen LogP contribution in [0, 0.1) is 12.7 Å². The number of sulfonamides is 1. The van der Waals surface area contributed by atoms with Crippen molar-refractivity contribution in [3.05, 3.63) is 89.7 Å². The average molecular weight is 495 g/mol. The molecule has 2 fully saturated rings. The number of hydrogen-bond donors (Lipinski definition) is 1. The molecular weight excluding hydrogens is 463 g/mol. The number of aryl methyl sites for hydroxylation is 1. The van der Waals surface area contributed by atoms with Crippen molar-refractivity contribution >= 4 is 10.0 Å². The third kappa shape index (κ3) is 4.54. The van der Waals surface area contributed by atoms with Gasteiger partial charge in [0.15, 0.2) is 0 Å². The smallest absolute Gasteiger partial charge is 0.243 e. The Kier molecular flexibility index (Phi) is 6.77. The molecule has 1 N–H and O–H groups in total. The fourth-order valence-corrected chi connectivity index (χ4v) is 7.16. The Hall–Kier alpha value is -2.58. The lowest BCUT2D eigenvalue weighted by Gasteiger charge is -2.57. The highest BCUT2D eigenvalue weighted by Crippen LogP contribution is 2.43. The van der Waals surface area contributed by atoms with Crippen molar-refractivity contribution in [1.29, 1.82) is 0 Å². The maximum Gasteiger partial charge on any atom is 0.243 e. The molecule has 5 nitrogen and oxygen atoms in total. The van der Waals surface area contributed by atoms with Gasteiger partial charge in [-0.25, -0.2) is 12.8 Å². The van der Waals surface area contributed by atoms with Crippen LogP contribution < -0.4 is 0 Å². The lowest BCUT2D eigenvalue weighted by molar-refractivity contribution is -0.0553. The van der Waals surface area contributed by atoms with E-state index in [2.05, 4.69) is 48.2 Å². The molecule has 3 aromatic carbocycles. The van der Waals surface area contributed by atoms with Crippen molar-refractivity contribution in [3.63, 3.8) is 0 Å². The van der Waals surface area contributed by atoms with Gasteiger partial charge in [-0.2, -0.15) is 4.31 Å². The minimum atomic E-state index is -3.74. The summed E-state index contributed by atoms with van der Waals surface area (Å²) in [6.07, 6.45) is 1.61. The number of fused-ring (bicyclic) bond motifs is 1. The molecule has 0 spiro atoms. The van der Waals surface area contributed by atoms with Crippen molar-refractivity contribution in [2.75, 3.05) is 26.2 Å². The van der Waals surface area contributed by atoms with E-state index >= 15 is 0 Å². The van der Waals surface area contributed by atoms with E-state index < -0.39 is 15.8 Å². The van der Waals surface area contributed by atoms with Crippen LogP contribution in [0.3, 0.4) is 0 Å².